The zero-order valence-corrected chi connectivity index (χ0v) is 39.0. The van der Waals surface area contributed by atoms with Gasteiger partial charge in [-0.05, 0) is 159 Å². The van der Waals surface area contributed by atoms with Crippen molar-refractivity contribution in [3.63, 3.8) is 0 Å². The van der Waals surface area contributed by atoms with Crippen LogP contribution in [0.2, 0.25) is 0 Å². The van der Waals surface area contributed by atoms with Gasteiger partial charge in [0.25, 0.3) is 0 Å². The zero-order valence-electron chi connectivity index (χ0n) is 39.0. The minimum absolute atomic E-state index is 0.217. The Labute approximate surface area is 407 Å². The fourth-order valence-electron chi connectivity index (χ4n) is 7.69. The summed E-state index contributed by atoms with van der Waals surface area (Å²) in [6.07, 6.45) is 18.9. The number of aliphatic imine (C=N–C) groups is 6. The predicted octanol–water partition coefficient (Wildman–Crippen LogP) is 8.62. The van der Waals surface area contributed by atoms with E-state index in [1.54, 1.807) is 54.6 Å². The summed E-state index contributed by atoms with van der Waals surface area (Å²) in [6, 6.07) is 37.0. The van der Waals surface area contributed by atoms with Gasteiger partial charge < -0.3 is 28.3 Å². The molecule has 0 amide bonds. The van der Waals surface area contributed by atoms with Crippen molar-refractivity contribution in [3.8, 4) is 11.1 Å². The summed E-state index contributed by atoms with van der Waals surface area (Å²) in [7, 11) is 0. The highest BCUT2D eigenvalue weighted by Crippen LogP contribution is 2.39. The third-order valence-electron chi connectivity index (χ3n) is 11.2. The standard InChI is InChI=1S/C14H20N2O2.C14H8N2O2.C13H14N2.C8H4N2O2.C4H13N3/c2*17-9-15-13-5-1-11(2-6-13)12-3-7-14(8-4-12)16-10-18;14-12-5-1-10(2-6-12)9-11-3-7-13(15)8-4-11;11-5-9-7-2-1-3-8(4-7)10-6-12;5-1-3-7-4-2-6/h11-14H,1-8H2;1-8H;1-8H,9,14-15H2;1-4H;7H,1-6H2. The van der Waals surface area contributed by atoms with Crippen LogP contribution in [0.15, 0.2) is 151 Å². The van der Waals surface area contributed by atoms with Crippen LogP contribution in [-0.2, 0) is 35.2 Å². The first-order chi connectivity index (χ1) is 34.2. The summed E-state index contributed by atoms with van der Waals surface area (Å²) in [5.74, 6) is 1.56. The number of nitrogens with zero attached hydrogens (tertiary/aromatic N) is 6. The van der Waals surface area contributed by atoms with Gasteiger partial charge in [0.05, 0.1) is 34.8 Å². The fraction of sp³-hybridized carbons (Fsp3) is 0.321. The van der Waals surface area contributed by atoms with E-state index in [4.69, 9.17) is 22.9 Å². The number of nitrogens with one attached hydrogen (secondary N) is 1. The van der Waals surface area contributed by atoms with E-state index in [0.29, 0.717) is 35.8 Å². The van der Waals surface area contributed by atoms with Crippen molar-refractivity contribution in [2.45, 2.75) is 69.9 Å². The summed E-state index contributed by atoms with van der Waals surface area (Å²) < 4.78 is 0. The van der Waals surface area contributed by atoms with Gasteiger partial charge in [-0.25, -0.2) is 38.8 Å². The first-order valence-corrected chi connectivity index (χ1v) is 22.7. The lowest BCUT2D eigenvalue weighted by atomic mass is 9.71. The minimum atomic E-state index is 0.217. The van der Waals surface area contributed by atoms with E-state index in [1.807, 2.05) is 72.8 Å². The summed E-state index contributed by atoms with van der Waals surface area (Å²) >= 11 is 0. The van der Waals surface area contributed by atoms with Crippen molar-refractivity contribution in [1.29, 1.82) is 0 Å². The molecule has 17 nitrogen and oxygen atoms in total. The number of nitrogens with two attached hydrogens (primary N) is 4. The average Bonchev–Trinajstić information content (AvgIpc) is 3.38. The number of hydrogen-bond acceptors (Lipinski definition) is 17. The van der Waals surface area contributed by atoms with Crippen LogP contribution in [0.5, 0.6) is 0 Å². The lowest BCUT2D eigenvalue weighted by Gasteiger charge is -2.35. The largest absolute Gasteiger partial charge is 0.399 e. The monoisotopic (exact) mass is 945 g/mol. The molecule has 7 rings (SSSR count). The molecular formula is C53H59N11O6. The Morgan fingerprint density at radius 1 is 0.429 bits per heavy atom. The number of isocyanates is 6. The molecule has 5 aromatic carbocycles. The van der Waals surface area contributed by atoms with Crippen molar-refractivity contribution in [3.05, 3.63) is 132 Å². The van der Waals surface area contributed by atoms with Crippen molar-refractivity contribution >= 4 is 70.6 Å². The number of carbonyl (C=O) groups excluding carboxylic acids is 6. The molecule has 0 aromatic heterocycles. The van der Waals surface area contributed by atoms with Crippen molar-refractivity contribution in [2.24, 2.45) is 53.3 Å². The van der Waals surface area contributed by atoms with Gasteiger partial charge in [0, 0.05) is 37.6 Å². The van der Waals surface area contributed by atoms with Gasteiger partial charge in [0.1, 0.15) is 0 Å². The second-order valence-electron chi connectivity index (χ2n) is 16.0. The first-order valence-electron chi connectivity index (χ1n) is 22.7. The molecule has 17 heteroatoms. The van der Waals surface area contributed by atoms with E-state index in [9.17, 15) is 28.8 Å². The van der Waals surface area contributed by atoms with Crippen LogP contribution in [-0.4, -0.2) is 74.7 Å². The lowest BCUT2D eigenvalue weighted by Crippen LogP contribution is -2.27. The number of benzene rings is 5. The van der Waals surface area contributed by atoms with E-state index in [-0.39, 0.29) is 12.1 Å². The van der Waals surface area contributed by atoms with Gasteiger partial charge in [-0.1, -0.05) is 54.6 Å². The molecule has 70 heavy (non-hydrogen) atoms. The molecule has 0 spiro atoms. The molecule has 5 aromatic rings. The second kappa shape index (κ2) is 34.2. The van der Waals surface area contributed by atoms with Crippen LogP contribution in [0.25, 0.3) is 11.1 Å². The zero-order chi connectivity index (χ0) is 50.6. The summed E-state index contributed by atoms with van der Waals surface area (Å²) in [4.78, 5) is 81.7. The molecule has 0 aliphatic heterocycles. The maximum Gasteiger partial charge on any atom is 0.240 e. The molecule has 2 fully saturated rings. The van der Waals surface area contributed by atoms with Gasteiger partial charge in [-0.3, -0.25) is 0 Å². The van der Waals surface area contributed by atoms with E-state index < -0.39 is 0 Å². The van der Waals surface area contributed by atoms with E-state index in [2.05, 4.69) is 35.3 Å². The Morgan fingerprint density at radius 2 is 0.771 bits per heavy atom. The van der Waals surface area contributed by atoms with Gasteiger partial charge in [-0.2, -0.15) is 20.0 Å². The third-order valence-corrected chi connectivity index (χ3v) is 11.2. The van der Waals surface area contributed by atoms with Crippen LogP contribution in [0.1, 0.15) is 62.5 Å². The number of anilines is 2. The van der Waals surface area contributed by atoms with Crippen molar-refractivity contribution in [2.75, 3.05) is 37.6 Å². The fourth-order valence-corrected chi connectivity index (χ4v) is 7.69. The Morgan fingerprint density at radius 3 is 1.09 bits per heavy atom. The normalized spacial score (nSPS) is 16.1. The van der Waals surface area contributed by atoms with Crippen LogP contribution < -0.4 is 28.3 Å². The number of nitrogen functional groups attached to an aromatic ring is 2. The molecule has 2 saturated carbocycles. The van der Waals surface area contributed by atoms with Crippen LogP contribution >= 0.6 is 0 Å². The smallest absolute Gasteiger partial charge is 0.240 e. The molecule has 0 saturated heterocycles. The van der Waals surface area contributed by atoms with Gasteiger partial charge in [-0.15, -0.1) is 0 Å². The molecule has 0 radical (unpaired) electrons. The second-order valence-corrected chi connectivity index (χ2v) is 16.0. The van der Waals surface area contributed by atoms with Crippen LogP contribution in [0.3, 0.4) is 0 Å². The number of hydrogen-bond donors (Lipinski definition) is 5. The maximum atomic E-state index is 10.2. The summed E-state index contributed by atoms with van der Waals surface area (Å²) in [5, 5.41) is 3.03. The molecule has 0 heterocycles. The third kappa shape index (κ3) is 22.6. The van der Waals surface area contributed by atoms with Gasteiger partial charge >= 0.3 is 0 Å². The molecule has 362 valence electrons. The summed E-state index contributed by atoms with van der Waals surface area (Å²) in [5.41, 5.74) is 29.6. The Hall–Kier alpha value is -8.14. The highest BCUT2D eigenvalue weighted by Gasteiger charge is 2.30. The Bertz CT molecular complexity index is 2420. The van der Waals surface area contributed by atoms with Crippen molar-refractivity contribution in [1.82, 2.24) is 5.32 Å². The molecule has 0 unspecified atom stereocenters. The lowest BCUT2D eigenvalue weighted by molar-refractivity contribution is 0.179. The maximum absolute atomic E-state index is 10.2. The molecule has 2 aliphatic rings. The molecule has 0 bridgehead atoms. The molecule has 0 atom stereocenters. The van der Waals surface area contributed by atoms with Crippen LogP contribution in [0.4, 0.5) is 34.1 Å². The molecular weight excluding hydrogens is 887 g/mol. The highest BCUT2D eigenvalue weighted by atomic mass is 16.1. The number of rotatable bonds is 14. The predicted molar refractivity (Wildman–Crippen MR) is 273 cm³/mol. The van der Waals surface area contributed by atoms with E-state index in [0.717, 1.165) is 79.5 Å². The topological polar surface area (TPSA) is 293 Å². The SMILES string of the molecule is NCCNCCN.Nc1ccc(Cc2ccc(N)cc2)cc1.O=C=NC1CCC(C2CCC(N=C=O)CC2)CC1.O=C=Nc1ccc(-c2ccc(N=C=O)cc2)cc1.O=C=Nc1cccc(N=C=O)c1. The van der Waals surface area contributed by atoms with Gasteiger partial charge in [0.2, 0.25) is 36.5 Å². The summed E-state index contributed by atoms with van der Waals surface area (Å²) in [6.45, 7) is 3.13. The Kier molecular flexibility index (Phi) is 27.4. The Balaban J connectivity index is 0.000000238. The van der Waals surface area contributed by atoms with E-state index in [1.165, 1.54) is 67.2 Å². The minimum Gasteiger partial charge on any atom is -0.399 e. The first kappa shape index (κ1) is 56.2. The highest BCUT2D eigenvalue weighted by molar-refractivity contribution is 5.68. The molecule has 9 N–H and O–H groups in total. The van der Waals surface area contributed by atoms with E-state index >= 15 is 0 Å². The van der Waals surface area contributed by atoms with Gasteiger partial charge in [0.15, 0.2) is 0 Å². The average molecular weight is 946 g/mol. The molecule has 2 aliphatic carbocycles. The quantitative estimate of drug-likeness (QED) is 0.0304. The van der Waals surface area contributed by atoms with Crippen molar-refractivity contribution < 1.29 is 28.8 Å². The van der Waals surface area contributed by atoms with Crippen LogP contribution in [0, 0.1) is 11.8 Å².